The molecule has 122 valence electrons. The molecule has 0 unspecified atom stereocenters. The largest absolute Gasteiger partial charge is 0.375 e. The van der Waals surface area contributed by atoms with Crippen LogP contribution in [0.2, 0.25) is 0 Å². The van der Waals surface area contributed by atoms with Crippen LogP contribution < -0.4 is 0 Å². The first-order valence-electron chi connectivity index (χ1n) is 6.59. The first-order chi connectivity index (χ1) is 10.4. The molecule has 22 heavy (non-hydrogen) atoms. The van der Waals surface area contributed by atoms with Crippen LogP contribution in [0, 0.1) is 11.6 Å². The zero-order valence-electron chi connectivity index (χ0n) is 12.0. The lowest BCUT2D eigenvalue weighted by Gasteiger charge is -2.33. The van der Waals surface area contributed by atoms with E-state index in [9.17, 15) is 22.0 Å². The Labute approximate surface area is 127 Å². The average molecular weight is 334 g/mol. The molecule has 0 bridgehead atoms. The van der Waals surface area contributed by atoms with Gasteiger partial charge in [0, 0.05) is 33.3 Å². The molecule has 9 heteroatoms. The number of amides is 1. The molecule has 1 aromatic carbocycles. The van der Waals surface area contributed by atoms with Crippen LogP contribution in [-0.2, 0) is 19.6 Å². The van der Waals surface area contributed by atoms with Crippen molar-refractivity contribution in [3.63, 3.8) is 0 Å². The summed E-state index contributed by atoms with van der Waals surface area (Å²) in [6, 6.07) is 2.90. The molecule has 1 aliphatic rings. The van der Waals surface area contributed by atoms with Gasteiger partial charge in [0.15, 0.2) is 4.90 Å². The van der Waals surface area contributed by atoms with Crippen LogP contribution in [0.15, 0.2) is 23.1 Å². The van der Waals surface area contributed by atoms with Crippen LogP contribution in [0.5, 0.6) is 0 Å². The monoisotopic (exact) mass is 334 g/mol. The third kappa shape index (κ3) is 3.26. The molecular formula is C13H16F2N2O4S. The van der Waals surface area contributed by atoms with Gasteiger partial charge in [0.2, 0.25) is 15.9 Å². The molecule has 0 aliphatic carbocycles. The lowest BCUT2D eigenvalue weighted by molar-refractivity contribution is -0.136. The van der Waals surface area contributed by atoms with Crippen LogP contribution >= 0.6 is 0 Å². The molecule has 0 saturated carbocycles. The molecule has 0 aromatic heterocycles. The van der Waals surface area contributed by atoms with Gasteiger partial charge in [-0.1, -0.05) is 6.07 Å². The normalized spacial score (nSPS) is 16.8. The molecule has 1 fully saturated rings. The van der Waals surface area contributed by atoms with Gasteiger partial charge >= 0.3 is 0 Å². The van der Waals surface area contributed by atoms with E-state index in [1.165, 1.54) is 12.0 Å². The van der Waals surface area contributed by atoms with E-state index in [0.29, 0.717) is 0 Å². The molecule has 6 nitrogen and oxygen atoms in total. The van der Waals surface area contributed by atoms with E-state index in [0.717, 1.165) is 22.5 Å². The highest BCUT2D eigenvalue weighted by Gasteiger charge is 2.33. The summed E-state index contributed by atoms with van der Waals surface area (Å²) in [6.45, 7) is 0.167. The maximum atomic E-state index is 13.7. The standard InChI is InChI=1S/C13H16F2N2O4S/c1-21-9-12(18)16-5-7-17(8-6-16)22(19,20)13-10(14)3-2-4-11(13)15/h2-4H,5-9H2,1H3. The lowest BCUT2D eigenvalue weighted by Crippen LogP contribution is -2.51. The molecule has 1 heterocycles. The van der Waals surface area contributed by atoms with E-state index < -0.39 is 26.6 Å². The van der Waals surface area contributed by atoms with Crippen molar-refractivity contribution in [1.29, 1.82) is 0 Å². The van der Waals surface area contributed by atoms with Crippen LogP contribution in [0.25, 0.3) is 0 Å². The summed E-state index contributed by atoms with van der Waals surface area (Å²) in [5, 5.41) is 0. The summed E-state index contributed by atoms with van der Waals surface area (Å²) in [5.41, 5.74) is 0. The molecule has 2 rings (SSSR count). The number of hydrogen-bond acceptors (Lipinski definition) is 4. The van der Waals surface area contributed by atoms with Crippen molar-refractivity contribution >= 4 is 15.9 Å². The van der Waals surface area contributed by atoms with Crippen LogP contribution in [0.4, 0.5) is 8.78 Å². The summed E-state index contributed by atoms with van der Waals surface area (Å²) in [5.74, 6) is -2.51. The van der Waals surface area contributed by atoms with Crippen molar-refractivity contribution in [1.82, 2.24) is 9.21 Å². The van der Waals surface area contributed by atoms with Gasteiger partial charge in [0.05, 0.1) is 0 Å². The highest BCUT2D eigenvalue weighted by molar-refractivity contribution is 7.89. The number of rotatable bonds is 4. The molecular weight excluding hydrogens is 318 g/mol. The fraction of sp³-hybridized carbons (Fsp3) is 0.462. The van der Waals surface area contributed by atoms with E-state index in [4.69, 9.17) is 4.74 Å². The Balaban J connectivity index is 2.15. The maximum absolute atomic E-state index is 13.7. The third-order valence-corrected chi connectivity index (χ3v) is 5.33. The van der Waals surface area contributed by atoms with Crippen LogP contribution in [0.3, 0.4) is 0 Å². The molecule has 0 atom stereocenters. The number of methoxy groups -OCH3 is 1. The number of nitrogens with zero attached hydrogens (tertiary/aromatic N) is 2. The summed E-state index contributed by atoms with van der Waals surface area (Å²) >= 11 is 0. The fourth-order valence-corrected chi connectivity index (χ4v) is 3.78. The van der Waals surface area contributed by atoms with Gasteiger partial charge in [-0.2, -0.15) is 4.31 Å². The SMILES string of the molecule is COCC(=O)N1CCN(S(=O)(=O)c2c(F)cccc2F)CC1. The van der Waals surface area contributed by atoms with Gasteiger partial charge in [-0.15, -0.1) is 0 Å². The molecule has 0 N–H and O–H groups in total. The van der Waals surface area contributed by atoms with Gasteiger partial charge in [-0.3, -0.25) is 4.79 Å². The Bertz CT molecular complexity index is 638. The van der Waals surface area contributed by atoms with Crippen molar-refractivity contribution in [3.05, 3.63) is 29.8 Å². The van der Waals surface area contributed by atoms with Crippen molar-refractivity contribution in [3.8, 4) is 0 Å². The van der Waals surface area contributed by atoms with Crippen LogP contribution in [-0.4, -0.2) is 63.4 Å². The van der Waals surface area contributed by atoms with E-state index in [-0.39, 0.29) is 38.7 Å². The van der Waals surface area contributed by atoms with Crippen molar-refractivity contribution < 1.29 is 26.7 Å². The summed E-state index contributed by atoms with van der Waals surface area (Å²) in [7, 11) is -2.88. The Morgan fingerprint density at radius 1 is 1.18 bits per heavy atom. The molecule has 1 saturated heterocycles. The summed E-state index contributed by atoms with van der Waals surface area (Å²) in [6.07, 6.45) is 0. The minimum absolute atomic E-state index is 0.0223. The van der Waals surface area contributed by atoms with Crippen molar-refractivity contribution in [2.75, 3.05) is 39.9 Å². The van der Waals surface area contributed by atoms with Gasteiger partial charge in [-0.25, -0.2) is 17.2 Å². The van der Waals surface area contributed by atoms with Crippen molar-refractivity contribution in [2.45, 2.75) is 4.90 Å². The smallest absolute Gasteiger partial charge is 0.249 e. The molecule has 0 spiro atoms. The number of benzene rings is 1. The lowest BCUT2D eigenvalue weighted by atomic mass is 10.3. The second-order valence-electron chi connectivity index (χ2n) is 4.77. The van der Waals surface area contributed by atoms with Gasteiger partial charge < -0.3 is 9.64 Å². The Morgan fingerprint density at radius 3 is 2.23 bits per heavy atom. The zero-order valence-corrected chi connectivity index (χ0v) is 12.8. The highest BCUT2D eigenvalue weighted by atomic mass is 32.2. The van der Waals surface area contributed by atoms with Gasteiger partial charge in [0.1, 0.15) is 18.2 Å². The van der Waals surface area contributed by atoms with E-state index in [1.54, 1.807) is 0 Å². The molecule has 1 aromatic rings. The highest BCUT2D eigenvalue weighted by Crippen LogP contribution is 2.23. The van der Waals surface area contributed by atoms with Gasteiger partial charge in [-0.05, 0) is 12.1 Å². The van der Waals surface area contributed by atoms with E-state index in [1.807, 2.05) is 0 Å². The van der Waals surface area contributed by atoms with E-state index >= 15 is 0 Å². The van der Waals surface area contributed by atoms with Crippen LogP contribution in [0.1, 0.15) is 0 Å². The predicted octanol–water partition coefficient (Wildman–Crippen LogP) is 0.444. The number of ether oxygens (including phenoxy) is 1. The number of halogens is 2. The predicted molar refractivity (Wildman–Crippen MR) is 73.6 cm³/mol. The summed E-state index contributed by atoms with van der Waals surface area (Å²) in [4.78, 5) is 12.1. The van der Waals surface area contributed by atoms with Crippen molar-refractivity contribution in [2.24, 2.45) is 0 Å². The zero-order chi connectivity index (χ0) is 16.3. The number of carbonyl (C=O) groups excluding carboxylic acids is 1. The minimum Gasteiger partial charge on any atom is -0.375 e. The fourth-order valence-electron chi connectivity index (χ4n) is 2.25. The number of piperazine rings is 1. The first kappa shape index (κ1) is 16.8. The Hall–Kier alpha value is -1.58. The topological polar surface area (TPSA) is 66.9 Å². The second-order valence-corrected chi connectivity index (χ2v) is 6.64. The number of carbonyl (C=O) groups is 1. The van der Waals surface area contributed by atoms with E-state index in [2.05, 4.69) is 0 Å². The molecule has 1 aliphatic heterocycles. The summed E-state index contributed by atoms with van der Waals surface area (Å²) < 4.78 is 57.8. The Kier molecular flexibility index (Phi) is 5.09. The maximum Gasteiger partial charge on any atom is 0.249 e. The second kappa shape index (κ2) is 6.67. The number of sulfonamides is 1. The number of hydrogen-bond donors (Lipinski definition) is 0. The molecule has 0 radical (unpaired) electrons. The quantitative estimate of drug-likeness (QED) is 0.802. The first-order valence-corrected chi connectivity index (χ1v) is 8.03. The minimum atomic E-state index is -4.27. The molecule has 1 amide bonds. The Morgan fingerprint density at radius 2 is 1.73 bits per heavy atom. The third-order valence-electron chi connectivity index (χ3n) is 3.38. The van der Waals surface area contributed by atoms with Gasteiger partial charge in [0.25, 0.3) is 0 Å². The average Bonchev–Trinajstić information content (AvgIpc) is 2.47.